The van der Waals surface area contributed by atoms with Crippen molar-refractivity contribution in [2.45, 2.75) is 131 Å². The van der Waals surface area contributed by atoms with Crippen LogP contribution < -0.4 is 10.6 Å². The lowest BCUT2D eigenvalue weighted by molar-refractivity contribution is -0.156. The molecule has 0 bridgehead atoms. The molecule has 1 aliphatic rings. The minimum atomic E-state index is -1.02. The van der Waals surface area contributed by atoms with Crippen LogP contribution in [0.4, 0.5) is 0 Å². The van der Waals surface area contributed by atoms with E-state index in [2.05, 4.69) is 24.5 Å². The fourth-order valence-electron chi connectivity index (χ4n) is 6.08. The Morgan fingerprint density at radius 1 is 0.841 bits per heavy atom. The molecule has 254 valence electrons. The molecule has 1 aliphatic heterocycles. The van der Waals surface area contributed by atoms with Gasteiger partial charge in [-0.1, -0.05) is 55.4 Å². The molecule has 5 amide bonds. The van der Waals surface area contributed by atoms with Crippen LogP contribution in [0.2, 0.25) is 0 Å². The molecule has 1 saturated heterocycles. The van der Waals surface area contributed by atoms with E-state index in [0.717, 1.165) is 12.8 Å². The summed E-state index contributed by atoms with van der Waals surface area (Å²) >= 11 is 0. The zero-order valence-electron chi connectivity index (χ0n) is 29.6. The molecule has 2 N–H and O–H groups in total. The van der Waals surface area contributed by atoms with Crippen molar-refractivity contribution >= 4 is 29.5 Å². The SMILES string of the molecule is CC[C@H](NC(=O)[C@H](C1OC(C)C[C@H]1C)N(C)C(=O)[C@H](C(C)C)N(C)C(=O)[C@H](CC(C)C)N(C)C(=O)CCC(C)C)C(=O)NC. The normalized spacial score (nSPS) is 21.0. The van der Waals surface area contributed by atoms with Crippen molar-refractivity contribution in [1.29, 1.82) is 0 Å². The molecule has 11 heteroatoms. The van der Waals surface area contributed by atoms with Gasteiger partial charge in [-0.05, 0) is 56.3 Å². The molecule has 1 heterocycles. The monoisotopic (exact) mass is 623 g/mol. The minimum absolute atomic E-state index is 0.0196. The summed E-state index contributed by atoms with van der Waals surface area (Å²) in [5, 5.41) is 5.40. The van der Waals surface area contributed by atoms with Gasteiger partial charge in [0.15, 0.2) is 0 Å². The van der Waals surface area contributed by atoms with Crippen LogP contribution in [0.15, 0.2) is 0 Å². The summed E-state index contributed by atoms with van der Waals surface area (Å²) in [6.07, 6.45) is 1.94. The number of nitrogens with zero attached hydrogens (tertiary/aromatic N) is 3. The molecular formula is C33H61N5O6. The summed E-state index contributed by atoms with van der Waals surface area (Å²) in [7, 11) is 6.34. The zero-order chi connectivity index (χ0) is 34.0. The number of carbonyl (C=O) groups excluding carboxylic acids is 5. The first kappa shape index (κ1) is 39.3. The fourth-order valence-corrected chi connectivity index (χ4v) is 6.08. The molecule has 11 nitrogen and oxygen atoms in total. The van der Waals surface area contributed by atoms with Gasteiger partial charge in [0.1, 0.15) is 24.2 Å². The number of ether oxygens (including phenoxy) is 1. The third-order valence-corrected chi connectivity index (χ3v) is 8.71. The largest absolute Gasteiger partial charge is 0.372 e. The highest BCUT2D eigenvalue weighted by molar-refractivity contribution is 5.95. The van der Waals surface area contributed by atoms with Crippen molar-refractivity contribution < 1.29 is 28.7 Å². The van der Waals surface area contributed by atoms with Crippen molar-refractivity contribution in [3.05, 3.63) is 0 Å². The Balaban J connectivity index is 3.44. The highest BCUT2D eigenvalue weighted by Crippen LogP contribution is 2.31. The van der Waals surface area contributed by atoms with Crippen LogP contribution in [-0.4, -0.2) is 109 Å². The smallest absolute Gasteiger partial charge is 0.246 e. The van der Waals surface area contributed by atoms with E-state index in [1.54, 1.807) is 28.1 Å². The van der Waals surface area contributed by atoms with E-state index >= 15 is 0 Å². The molecule has 1 rings (SSSR count). The summed E-state index contributed by atoms with van der Waals surface area (Å²) < 4.78 is 6.18. The Morgan fingerprint density at radius 2 is 1.43 bits per heavy atom. The summed E-state index contributed by atoms with van der Waals surface area (Å²) in [6, 6.07) is -3.40. The average Bonchev–Trinajstić information content (AvgIpc) is 3.28. The Hall–Kier alpha value is -2.69. The maximum absolute atomic E-state index is 14.3. The summed E-state index contributed by atoms with van der Waals surface area (Å²) in [5.41, 5.74) is 0. The Kier molecular flexibility index (Phi) is 15.8. The van der Waals surface area contributed by atoms with Gasteiger partial charge in [0.2, 0.25) is 29.5 Å². The minimum Gasteiger partial charge on any atom is -0.372 e. The molecule has 0 spiro atoms. The molecule has 0 aromatic carbocycles. The topological polar surface area (TPSA) is 128 Å². The van der Waals surface area contributed by atoms with Crippen LogP contribution in [-0.2, 0) is 28.7 Å². The van der Waals surface area contributed by atoms with E-state index in [9.17, 15) is 24.0 Å². The third-order valence-electron chi connectivity index (χ3n) is 8.71. The van der Waals surface area contributed by atoms with E-state index in [1.165, 1.54) is 21.7 Å². The maximum atomic E-state index is 14.3. The van der Waals surface area contributed by atoms with Gasteiger partial charge in [-0.15, -0.1) is 0 Å². The first-order valence-corrected chi connectivity index (χ1v) is 16.4. The van der Waals surface area contributed by atoms with Gasteiger partial charge >= 0.3 is 0 Å². The highest BCUT2D eigenvalue weighted by Gasteiger charge is 2.46. The Bertz CT molecular complexity index is 986. The molecule has 0 saturated carbocycles. The van der Waals surface area contributed by atoms with Gasteiger partial charge in [0, 0.05) is 34.6 Å². The van der Waals surface area contributed by atoms with Crippen LogP contribution in [0.5, 0.6) is 0 Å². The van der Waals surface area contributed by atoms with Crippen LogP contribution in [0, 0.1) is 23.7 Å². The fraction of sp³-hybridized carbons (Fsp3) is 0.848. The van der Waals surface area contributed by atoms with Crippen molar-refractivity contribution in [2.75, 3.05) is 28.2 Å². The number of carbonyl (C=O) groups is 5. The molecule has 1 fully saturated rings. The lowest BCUT2D eigenvalue weighted by atomic mass is 9.92. The van der Waals surface area contributed by atoms with Crippen LogP contribution in [0.25, 0.3) is 0 Å². The van der Waals surface area contributed by atoms with Crippen LogP contribution >= 0.6 is 0 Å². The van der Waals surface area contributed by atoms with Crippen molar-refractivity contribution in [2.24, 2.45) is 23.7 Å². The summed E-state index contributed by atoms with van der Waals surface area (Å²) in [4.78, 5) is 72.1. The predicted octanol–water partition coefficient (Wildman–Crippen LogP) is 3.06. The Labute approximate surface area is 266 Å². The summed E-state index contributed by atoms with van der Waals surface area (Å²) in [5.74, 6) is -1.44. The summed E-state index contributed by atoms with van der Waals surface area (Å²) in [6.45, 7) is 17.6. The van der Waals surface area contributed by atoms with E-state index < -0.39 is 42.1 Å². The number of likely N-dealkylation sites (N-methyl/N-ethyl adjacent to an activating group) is 4. The quantitative estimate of drug-likeness (QED) is 0.272. The second-order valence-corrected chi connectivity index (χ2v) is 13.8. The molecular weight excluding hydrogens is 562 g/mol. The first-order chi connectivity index (χ1) is 20.4. The average molecular weight is 624 g/mol. The maximum Gasteiger partial charge on any atom is 0.246 e. The van der Waals surface area contributed by atoms with Gasteiger partial charge in [0.05, 0.1) is 12.2 Å². The van der Waals surface area contributed by atoms with Crippen LogP contribution in [0.3, 0.4) is 0 Å². The van der Waals surface area contributed by atoms with Crippen molar-refractivity contribution in [3.8, 4) is 0 Å². The molecule has 44 heavy (non-hydrogen) atoms. The Morgan fingerprint density at radius 3 is 1.86 bits per heavy atom. The van der Waals surface area contributed by atoms with Gasteiger partial charge in [-0.3, -0.25) is 24.0 Å². The molecule has 0 aromatic rings. The number of hydrogen-bond acceptors (Lipinski definition) is 6. The van der Waals surface area contributed by atoms with E-state index in [-0.39, 0.29) is 41.6 Å². The standard InChI is InChI=1S/C33H61N5O6/c1-14-24(30(40)34-10)35-31(41)28(29-22(8)18-23(9)44-29)38(13)33(43)27(21(6)7)37(12)32(42)25(17-20(4)5)36(11)26(39)16-15-19(2)3/h19-25,27-29H,14-18H2,1-13H3,(H,34,40)(H,35,41)/t22-,23?,24+,25+,27+,28+,29?/m1/s1. The number of hydrogen-bond donors (Lipinski definition) is 2. The van der Waals surface area contributed by atoms with Gasteiger partial charge in [0.25, 0.3) is 0 Å². The molecule has 2 unspecified atom stereocenters. The van der Waals surface area contributed by atoms with E-state index in [4.69, 9.17) is 4.74 Å². The van der Waals surface area contributed by atoms with Crippen LogP contribution in [0.1, 0.15) is 94.4 Å². The van der Waals surface area contributed by atoms with Crippen molar-refractivity contribution in [1.82, 2.24) is 25.3 Å². The van der Waals surface area contributed by atoms with Gasteiger partial charge in [-0.2, -0.15) is 0 Å². The van der Waals surface area contributed by atoms with Gasteiger partial charge < -0.3 is 30.1 Å². The lowest BCUT2D eigenvalue weighted by Crippen LogP contribution is -2.62. The van der Waals surface area contributed by atoms with E-state index in [1.807, 2.05) is 41.5 Å². The molecule has 7 atom stereocenters. The number of amides is 5. The van der Waals surface area contributed by atoms with Gasteiger partial charge in [-0.25, -0.2) is 0 Å². The van der Waals surface area contributed by atoms with E-state index in [0.29, 0.717) is 25.2 Å². The molecule has 0 aromatic heterocycles. The second kappa shape index (κ2) is 17.7. The lowest BCUT2D eigenvalue weighted by Gasteiger charge is -2.40. The predicted molar refractivity (Wildman–Crippen MR) is 172 cm³/mol. The number of rotatable bonds is 16. The number of nitrogens with one attached hydrogen (secondary N) is 2. The first-order valence-electron chi connectivity index (χ1n) is 16.4. The second-order valence-electron chi connectivity index (χ2n) is 13.8. The highest BCUT2D eigenvalue weighted by atomic mass is 16.5. The zero-order valence-corrected chi connectivity index (χ0v) is 29.6. The van der Waals surface area contributed by atoms with Crippen molar-refractivity contribution in [3.63, 3.8) is 0 Å². The molecule has 0 aliphatic carbocycles. The molecule has 0 radical (unpaired) electrons. The third kappa shape index (κ3) is 10.4.